The number of carboxylic acid groups (broad SMARTS) is 1. The Kier molecular flexibility index (Phi) is 4.44. The van der Waals surface area contributed by atoms with Crippen molar-refractivity contribution in [3.63, 3.8) is 0 Å². The molecule has 0 aliphatic heterocycles. The Morgan fingerprint density at radius 3 is 2.37 bits per heavy atom. The molecule has 19 heavy (non-hydrogen) atoms. The lowest BCUT2D eigenvalue weighted by molar-refractivity contribution is -0.145. The van der Waals surface area contributed by atoms with Crippen molar-refractivity contribution in [1.82, 2.24) is 0 Å². The normalized spacial score (nSPS) is 26.1. The highest BCUT2D eigenvalue weighted by molar-refractivity contribution is 14.1. The average molecular weight is 373 g/mol. The van der Waals surface area contributed by atoms with Crippen LogP contribution in [0.5, 0.6) is 0 Å². The molecule has 0 radical (unpaired) electrons. The summed E-state index contributed by atoms with van der Waals surface area (Å²) in [5.41, 5.74) is 0.717. The Hall–Kier alpha value is -1.11. The van der Waals surface area contributed by atoms with Gasteiger partial charge in [-0.1, -0.05) is 6.92 Å². The van der Waals surface area contributed by atoms with E-state index in [0.717, 1.165) is 3.57 Å². The summed E-state index contributed by atoms with van der Waals surface area (Å²) in [6.45, 7) is 1.99. The van der Waals surface area contributed by atoms with Gasteiger partial charge in [0, 0.05) is 9.26 Å². The largest absolute Gasteiger partial charge is 0.481 e. The third-order valence-corrected chi connectivity index (χ3v) is 4.28. The van der Waals surface area contributed by atoms with Crippen molar-refractivity contribution in [3.8, 4) is 0 Å². The fourth-order valence-corrected chi connectivity index (χ4v) is 2.98. The van der Waals surface area contributed by atoms with E-state index in [1.165, 1.54) is 0 Å². The molecule has 2 N–H and O–H groups in total. The number of rotatable bonds is 3. The lowest BCUT2D eigenvalue weighted by Crippen LogP contribution is -2.29. The molecule has 1 amide bonds. The first-order valence-electron chi connectivity index (χ1n) is 6.26. The van der Waals surface area contributed by atoms with Gasteiger partial charge in [0.05, 0.1) is 11.8 Å². The van der Waals surface area contributed by atoms with Gasteiger partial charge in [0.1, 0.15) is 0 Å². The number of amides is 1. The molecule has 1 aromatic rings. The fraction of sp³-hybridized carbons (Fsp3) is 0.429. The van der Waals surface area contributed by atoms with Gasteiger partial charge >= 0.3 is 5.97 Å². The van der Waals surface area contributed by atoms with Gasteiger partial charge in [-0.2, -0.15) is 0 Å². The van der Waals surface area contributed by atoms with Crippen molar-refractivity contribution >= 4 is 40.2 Å². The third kappa shape index (κ3) is 3.46. The summed E-state index contributed by atoms with van der Waals surface area (Å²) >= 11 is 2.19. The van der Waals surface area contributed by atoms with Crippen LogP contribution in [0.15, 0.2) is 24.3 Å². The van der Waals surface area contributed by atoms with Gasteiger partial charge in [0.2, 0.25) is 5.91 Å². The van der Waals surface area contributed by atoms with Crippen LogP contribution in [0.3, 0.4) is 0 Å². The number of nitrogens with one attached hydrogen (secondary N) is 1. The van der Waals surface area contributed by atoms with Crippen LogP contribution in [0.2, 0.25) is 0 Å². The fourth-order valence-electron chi connectivity index (χ4n) is 2.62. The first-order chi connectivity index (χ1) is 8.97. The summed E-state index contributed by atoms with van der Waals surface area (Å²) in [6.07, 6.45) is 1.23. The van der Waals surface area contributed by atoms with E-state index >= 15 is 0 Å². The van der Waals surface area contributed by atoms with Gasteiger partial charge in [-0.05, 0) is 65.6 Å². The van der Waals surface area contributed by atoms with E-state index in [9.17, 15) is 14.7 Å². The predicted molar refractivity (Wildman–Crippen MR) is 80.8 cm³/mol. The Morgan fingerprint density at radius 1 is 1.21 bits per heavy atom. The molecule has 1 aliphatic carbocycles. The van der Waals surface area contributed by atoms with E-state index in [-0.39, 0.29) is 11.8 Å². The molecular weight excluding hydrogens is 357 g/mol. The number of aliphatic carboxylic acids is 1. The van der Waals surface area contributed by atoms with E-state index in [2.05, 4.69) is 27.9 Å². The van der Waals surface area contributed by atoms with Gasteiger partial charge in [0.25, 0.3) is 0 Å². The molecule has 1 saturated carbocycles. The SMILES string of the molecule is CC1C[C@H](C(=O)Nc2ccc(I)cc2)[C@H](C(=O)O)C1. The average Bonchev–Trinajstić information content (AvgIpc) is 2.74. The highest BCUT2D eigenvalue weighted by atomic mass is 127. The van der Waals surface area contributed by atoms with Crippen LogP contribution in [-0.4, -0.2) is 17.0 Å². The second kappa shape index (κ2) is 5.90. The summed E-state index contributed by atoms with van der Waals surface area (Å²) in [4.78, 5) is 23.4. The number of carbonyl (C=O) groups is 2. The molecule has 2 rings (SSSR count). The first-order valence-corrected chi connectivity index (χ1v) is 7.34. The zero-order valence-electron chi connectivity index (χ0n) is 10.6. The maximum absolute atomic E-state index is 12.2. The van der Waals surface area contributed by atoms with Crippen LogP contribution >= 0.6 is 22.6 Å². The highest BCUT2D eigenvalue weighted by Crippen LogP contribution is 2.37. The molecule has 0 spiro atoms. The molecule has 0 saturated heterocycles. The second-order valence-corrected chi connectivity index (χ2v) is 6.37. The Balaban J connectivity index is 2.06. The van der Waals surface area contributed by atoms with E-state index in [1.807, 2.05) is 31.2 Å². The molecule has 1 unspecified atom stereocenters. The third-order valence-electron chi connectivity index (χ3n) is 3.56. The minimum absolute atomic E-state index is 0.182. The Bertz CT molecular complexity index is 486. The molecule has 1 aliphatic rings. The van der Waals surface area contributed by atoms with Crippen LogP contribution in [-0.2, 0) is 9.59 Å². The number of hydrogen-bond donors (Lipinski definition) is 2. The number of halogens is 1. The summed E-state index contributed by atoms with van der Waals surface area (Å²) in [5, 5.41) is 12.0. The Morgan fingerprint density at radius 2 is 1.79 bits per heavy atom. The molecule has 3 atom stereocenters. The summed E-state index contributed by atoms with van der Waals surface area (Å²) in [7, 11) is 0. The molecular formula is C14H16INO3. The van der Waals surface area contributed by atoms with Crippen LogP contribution < -0.4 is 5.32 Å². The maximum Gasteiger partial charge on any atom is 0.307 e. The maximum atomic E-state index is 12.2. The first kappa shape index (κ1) is 14.3. The Labute approximate surface area is 125 Å². The number of carbonyl (C=O) groups excluding carboxylic acids is 1. The number of carboxylic acids is 1. The van der Waals surface area contributed by atoms with Crippen molar-refractivity contribution in [2.24, 2.45) is 17.8 Å². The lowest BCUT2D eigenvalue weighted by Gasteiger charge is -2.15. The second-order valence-electron chi connectivity index (χ2n) is 5.12. The van der Waals surface area contributed by atoms with Crippen molar-refractivity contribution in [2.75, 3.05) is 5.32 Å². The quantitative estimate of drug-likeness (QED) is 0.801. The number of benzene rings is 1. The summed E-state index contributed by atoms with van der Waals surface area (Å²) in [5.74, 6) is -1.75. The number of hydrogen-bond acceptors (Lipinski definition) is 2. The predicted octanol–water partition coefficient (Wildman–Crippen LogP) is 2.98. The minimum Gasteiger partial charge on any atom is -0.481 e. The van der Waals surface area contributed by atoms with E-state index < -0.39 is 17.8 Å². The lowest BCUT2D eigenvalue weighted by atomic mass is 9.95. The van der Waals surface area contributed by atoms with Crippen molar-refractivity contribution in [3.05, 3.63) is 27.8 Å². The molecule has 1 aromatic carbocycles. The van der Waals surface area contributed by atoms with Crippen molar-refractivity contribution in [2.45, 2.75) is 19.8 Å². The monoisotopic (exact) mass is 373 g/mol. The molecule has 0 aromatic heterocycles. The molecule has 1 fully saturated rings. The van der Waals surface area contributed by atoms with Gasteiger partial charge in [-0.3, -0.25) is 9.59 Å². The van der Waals surface area contributed by atoms with Crippen LogP contribution in [0.1, 0.15) is 19.8 Å². The van der Waals surface area contributed by atoms with E-state index in [4.69, 9.17) is 0 Å². The summed E-state index contributed by atoms with van der Waals surface area (Å²) in [6, 6.07) is 7.46. The van der Waals surface area contributed by atoms with Crippen LogP contribution in [0, 0.1) is 21.3 Å². The molecule has 102 valence electrons. The van der Waals surface area contributed by atoms with Gasteiger partial charge in [-0.25, -0.2) is 0 Å². The molecule has 0 heterocycles. The smallest absolute Gasteiger partial charge is 0.307 e. The van der Waals surface area contributed by atoms with Gasteiger partial charge in [-0.15, -0.1) is 0 Å². The molecule has 0 bridgehead atoms. The standard InChI is InChI=1S/C14H16INO3/c1-8-6-11(12(7-8)14(18)19)13(17)16-10-4-2-9(15)3-5-10/h2-5,8,11-12H,6-7H2,1H3,(H,16,17)(H,18,19)/t8?,11-,12+/m0/s1. The zero-order chi connectivity index (χ0) is 14.0. The minimum atomic E-state index is -0.868. The highest BCUT2D eigenvalue weighted by Gasteiger charge is 2.41. The van der Waals surface area contributed by atoms with E-state index in [1.54, 1.807) is 0 Å². The molecule has 4 nitrogen and oxygen atoms in total. The van der Waals surface area contributed by atoms with Crippen molar-refractivity contribution < 1.29 is 14.7 Å². The van der Waals surface area contributed by atoms with Gasteiger partial charge < -0.3 is 10.4 Å². The van der Waals surface area contributed by atoms with Gasteiger partial charge in [0.15, 0.2) is 0 Å². The van der Waals surface area contributed by atoms with Crippen LogP contribution in [0.25, 0.3) is 0 Å². The number of anilines is 1. The molecule has 5 heteroatoms. The zero-order valence-corrected chi connectivity index (χ0v) is 12.8. The summed E-state index contributed by atoms with van der Waals surface area (Å²) < 4.78 is 1.09. The topological polar surface area (TPSA) is 66.4 Å². The van der Waals surface area contributed by atoms with Crippen molar-refractivity contribution in [1.29, 1.82) is 0 Å². The van der Waals surface area contributed by atoms with E-state index in [0.29, 0.717) is 18.5 Å². The van der Waals surface area contributed by atoms with Crippen LogP contribution in [0.4, 0.5) is 5.69 Å².